The Balaban J connectivity index is 1.16. The molecule has 6 aliphatic rings. The van der Waals surface area contributed by atoms with Crippen LogP contribution in [0.2, 0.25) is 0 Å². The quantitative estimate of drug-likeness (QED) is 0.163. The summed E-state index contributed by atoms with van der Waals surface area (Å²) >= 11 is 2.08. The van der Waals surface area contributed by atoms with Gasteiger partial charge in [-0.2, -0.15) is 0 Å². The summed E-state index contributed by atoms with van der Waals surface area (Å²) < 4.78 is 2.87. The van der Waals surface area contributed by atoms with Crippen LogP contribution in [-0.2, 0) is 43.3 Å². The highest BCUT2D eigenvalue weighted by Crippen LogP contribution is 2.58. The Labute approximate surface area is 483 Å². The molecule has 3 nitrogen and oxygen atoms in total. The van der Waals surface area contributed by atoms with E-state index in [1.54, 1.807) is 0 Å². The number of thiophene rings is 1. The van der Waals surface area contributed by atoms with Crippen molar-refractivity contribution in [2.45, 2.75) is 200 Å². The first-order valence-electron chi connectivity index (χ1n) is 30.3. The molecule has 0 atom stereocenters. The Morgan fingerprint density at radius 3 is 1.39 bits per heavy atom. The lowest BCUT2D eigenvalue weighted by Crippen LogP contribution is -2.61. The third-order valence-electron chi connectivity index (χ3n) is 21.6. The second-order valence-corrected chi connectivity index (χ2v) is 32.1. The molecule has 14 rings (SSSR count). The third-order valence-corrected chi connectivity index (χ3v) is 22.8. The number of rotatable bonds is 3. The number of hydrogen-bond acceptors (Lipinski definition) is 4. The first kappa shape index (κ1) is 52.1. The third kappa shape index (κ3) is 7.36. The van der Waals surface area contributed by atoms with E-state index in [2.05, 4.69) is 271 Å². The highest BCUT2D eigenvalue weighted by molar-refractivity contribution is 7.33. The molecule has 0 unspecified atom stereocenters. The molecule has 5 heteroatoms. The van der Waals surface area contributed by atoms with Crippen molar-refractivity contribution in [1.29, 1.82) is 0 Å². The maximum atomic E-state index is 2.79. The highest BCUT2D eigenvalue weighted by atomic mass is 32.1. The van der Waals surface area contributed by atoms with E-state index in [0.29, 0.717) is 0 Å². The van der Waals surface area contributed by atoms with Crippen molar-refractivity contribution >= 4 is 95.0 Å². The van der Waals surface area contributed by atoms with Gasteiger partial charge >= 0.3 is 0 Å². The molecule has 8 aromatic rings. The van der Waals surface area contributed by atoms with Crippen molar-refractivity contribution in [3.8, 4) is 0 Å². The minimum Gasteiger partial charge on any atom is -0.311 e. The van der Waals surface area contributed by atoms with Crippen LogP contribution in [-0.4, -0.2) is 6.71 Å². The van der Waals surface area contributed by atoms with Crippen LogP contribution in [0.1, 0.15) is 206 Å². The molecule has 1 aromatic heterocycles. The Morgan fingerprint density at radius 1 is 0.388 bits per heavy atom. The van der Waals surface area contributed by atoms with Crippen LogP contribution in [0.3, 0.4) is 0 Å². The van der Waals surface area contributed by atoms with Gasteiger partial charge in [0.15, 0.2) is 0 Å². The number of benzene rings is 7. The van der Waals surface area contributed by atoms with Gasteiger partial charge in [0, 0.05) is 48.7 Å². The molecular weight excluding hydrogens is 986 g/mol. The van der Waals surface area contributed by atoms with E-state index in [-0.39, 0.29) is 50.0 Å². The molecule has 0 fully saturated rings. The van der Waals surface area contributed by atoms with E-state index in [9.17, 15) is 0 Å². The molecule has 0 bridgehead atoms. The van der Waals surface area contributed by atoms with Gasteiger partial charge in [0.1, 0.15) is 0 Å². The van der Waals surface area contributed by atoms with Crippen LogP contribution in [0.15, 0.2) is 127 Å². The molecule has 0 N–H and O–H groups in total. The molecular formula is C75H84BN3S. The van der Waals surface area contributed by atoms with Gasteiger partial charge in [-0.15, -0.1) is 11.3 Å². The number of nitrogens with zero attached hydrogens (tertiary/aromatic N) is 3. The highest BCUT2D eigenvalue weighted by Gasteiger charge is 2.50. The van der Waals surface area contributed by atoms with E-state index in [1.165, 1.54) is 153 Å². The van der Waals surface area contributed by atoms with Crippen molar-refractivity contribution in [1.82, 2.24) is 0 Å². The fraction of sp³-hybridized carbons (Fsp3) is 0.413. The predicted octanol–water partition coefficient (Wildman–Crippen LogP) is 19.4. The molecule has 0 spiro atoms. The van der Waals surface area contributed by atoms with Crippen LogP contribution in [0.4, 0.5) is 51.2 Å². The van der Waals surface area contributed by atoms with Crippen LogP contribution in [0, 0.1) is 0 Å². The Morgan fingerprint density at radius 2 is 0.838 bits per heavy atom. The summed E-state index contributed by atoms with van der Waals surface area (Å²) in [4.78, 5) is 8.12. The Bertz CT molecular complexity index is 3890. The summed E-state index contributed by atoms with van der Waals surface area (Å²) in [7, 11) is 0. The van der Waals surface area contributed by atoms with E-state index < -0.39 is 0 Å². The Hall–Kier alpha value is -6.04. The molecule has 4 heterocycles. The van der Waals surface area contributed by atoms with E-state index in [4.69, 9.17) is 0 Å². The first-order chi connectivity index (χ1) is 37.5. The second kappa shape index (κ2) is 16.6. The average molecular weight is 1070 g/mol. The summed E-state index contributed by atoms with van der Waals surface area (Å²) in [5.41, 5.74) is 27.4. The molecule has 0 radical (unpaired) electrons. The summed E-state index contributed by atoms with van der Waals surface area (Å²) in [6, 6.07) is 51.8. The van der Waals surface area contributed by atoms with E-state index in [0.717, 1.165) is 12.8 Å². The lowest BCUT2D eigenvalue weighted by atomic mass is 9.35. The lowest BCUT2D eigenvalue weighted by molar-refractivity contribution is 0.332. The van der Waals surface area contributed by atoms with Crippen molar-refractivity contribution in [2.24, 2.45) is 0 Å². The number of hydrogen-bond donors (Lipinski definition) is 0. The molecule has 408 valence electrons. The molecule has 7 aromatic carbocycles. The minimum absolute atomic E-state index is 0.00477. The lowest BCUT2D eigenvalue weighted by Gasteiger charge is -2.48. The monoisotopic (exact) mass is 1070 g/mol. The van der Waals surface area contributed by atoms with E-state index >= 15 is 0 Å². The molecule has 80 heavy (non-hydrogen) atoms. The van der Waals surface area contributed by atoms with Gasteiger partial charge in [-0.25, -0.2) is 0 Å². The zero-order chi connectivity index (χ0) is 56.4. The van der Waals surface area contributed by atoms with Gasteiger partial charge in [0.05, 0.1) is 22.7 Å². The summed E-state index contributed by atoms with van der Waals surface area (Å²) in [5.74, 6) is 0. The number of anilines is 9. The van der Waals surface area contributed by atoms with Gasteiger partial charge in [-0.05, 0) is 204 Å². The minimum atomic E-state index is -0.196. The van der Waals surface area contributed by atoms with E-state index in [1.807, 2.05) is 0 Å². The van der Waals surface area contributed by atoms with Crippen LogP contribution in [0.5, 0.6) is 0 Å². The van der Waals surface area contributed by atoms with Crippen molar-refractivity contribution in [3.05, 3.63) is 177 Å². The standard InChI is InChI=1S/C75H84BN3S/c1-68(2,3)45-26-28-46(29-27-45)77-61-43-56-55(72(10,11)35-36-73(56,12)13)42-58(61)76-65-62(77)39-48(78-59-24-20-18-22-51(59)75(16,17)52-23-19-21-25-60(52)78)40-63(65)79(47-30-31-50-53(38-47)70(6,7)33-32-69(50,4)5)66-49-41-54-57(44-64(49)80-67(66)76)74(14,15)37-34-71(54,8)9/h18-31,38-44H,32-37H2,1-17H3. The summed E-state index contributed by atoms with van der Waals surface area (Å²) in [5, 5.41) is 1.39. The summed E-state index contributed by atoms with van der Waals surface area (Å²) in [6.07, 6.45) is 7.03. The zero-order valence-corrected chi connectivity index (χ0v) is 52.0. The van der Waals surface area contributed by atoms with Crippen LogP contribution >= 0.6 is 11.3 Å². The fourth-order valence-electron chi connectivity index (χ4n) is 16.0. The van der Waals surface area contributed by atoms with Gasteiger partial charge in [-0.1, -0.05) is 178 Å². The summed E-state index contributed by atoms with van der Waals surface area (Å²) in [6.45, 7) is 41.8. The molecule has 0 amide bonds. The average Bonchev–Trinajstić information content (AvgIpc) is 3.84. The van der Waals surface area contributed by atoms with Crippen molar-refractivity contribution in [3.63, 3.8) is 0 Å². The maximum Gasteiger partial charge on any atom is 0.264 e. The first-order valence-corrected chi connectivity index (χ1v) is 31.2. The molecule has 3 aliphatic carbocycles. The fourth-order valence-corrected chi connectivity index (χ4v) is 17.4. The molecule has 0 saturated carbocycles. The van der Waals surface area contributed by atoms with Gasteiger partial charge in [-0.3, -0.25) is 0 Å². The van der Waals surface area contributed by atoms with Gasteiger partial charge in [0.25, 0.3) is 6.71 Å². The van der Waals surface area contributed by atoms with Crippen molar-refractivity contribution < 1.29 is 0 Å². The van der Waals surface area contributed by atoms with Gasteiger partial charge in [0.2, 0.25) is 0 Å². The number of fused-ring (bicyclic) bond motifs is 11. The number of para-hydroxylation sites is 2. The van der Waals surface area contributed by atoms with Gasteiger partial charge < -0.3 is 14.7 Å². The molecule has 0 saturated heterocycles. The maximum absolute atomic E-state index is 2.79. The predicted molar refractivity (Wildman–Crippen MR) is 347 cm³/mol. The van der Waals surface area contributed by atoms with Crippen molar-refractivity contribution in [2.75, 3.05) is 14.7 Å². The Kier molecular flexibility index (Phi) is 10.8. The zero-order valence-electron chi connectivity index (χ0n) is 51.2. The van der Waals surface area contributed by atoms with Crippen LogP contribution in [0.25, 0.3) is 10.1 Å². The smallest absolute Gasteiger partial charge is 0.264 e. The normalized spacial score (nSPS) is 20.6. The molecule has 3 aliphatic heterocycles. The van der Waals surface area contributed by atoms with Crippen LogP contribution < -0.4 is 30.4 Å². The largest absolute Gasteiger partial charge is 0.311 e. The second-order valence-electron chi connectivity index (χ2n) is 31.0. The topological polar surface area (TPSA) is 9.72 Å². The SMILES string of the molecule is CC(C)(C)c1ccc(N2c3cc4c(cc3B3c5sc6cc7c(cc6c5N(c5ccc6c(c5)C(C)(C)CCC6(C)C)c5cc(N6c8ccccc8C(C)(C)c8ccccc86)cc2c53)C(C)(C)CCC7(C)C)C(C)(C)CCC4(C)C)cc1.